The Hall–Kier alpha value is -1.56. The Morgan fingerprint density at radius 1 is 1.32 bits per heavy atom. The maximum atomic E-state index is 11.9. The van der Waals surface area contributed by atoms with Gasteiger partial charge in [0.2, 0.25) is 15.9 Å². The molecule has 102 valence electrons. The largest absolute Gasteiger partial charge is 0.356 e. The summed E-state index contributed by atoms with van der Waals surface area (Å²) < 4.78 is 25.3. The van der Waals surface area contributed by atoms with Gasteiger partial charge in [0.25, 0.3) is 0 Å². The molecule has 1 unspecified atom stereocenters. The van der Waals surface area contributed by atoms with E-state index in [0.29, 0.717) is 25.2 Å². The first-order valence-electron chi connectivity index (χ1n) is 6.46. The molecule has 1 atom stereocenters. The Balaban J connectivity index is 1.94. The summed E-state index contributed by atoms with van der Waals surface area (Å²) in [4.78, 5) is 11.7. The van der Waals surface area contributed by atoms with Gasteiger partial charge in [-0.1, -0.05) is 12.1 Å². The van der Waals surface area contributed by atoms with E-state index < -0.39 is 10.0 Å². The monoisotopic (exact) mass is 280 g/mol. The van der Waals surface area contributed by atoms with Crippen LogP contribution in [-0.2, 0) is 14.8 Å². The van der Waals surface area contributed by atoms with E-state index in [0.717, 1.165) is 12.0 Å². The first-order valence-corrected chi connectivity index (χ1v) is 8.07. The number of carbonyl (C=O) groups is 1. The third kappa shape index (κ3) is 2.20. The van der Waals surface area contributed by atoms with Crippen LogP contribution in [0.2, 0.25) is 0 Å². The predicted octanol–water partition coefficient (Wildman–Crippen LogP) is 0.830. The van der Waals surface area contributed by atoms with Gasteiger partial charge in [-0.05, 0) is 30.5 Å². The summed E-state index contributed by atoms with van der Waals surface area (Å²) in [6, 6.07) is 7.34. The standard InChI is InChI=1S/C13H16N2O3S/c16-13-12(5-6-14-13)10-3-1-4-11(9-10)15-7-2-8-19(15,17)18/h1,3-4,9,12H,2,5-8H2,(H,14,16). The van der Waals surface area contributed by atoms with Crippen molar-refractivity contribution in [2.24, 2.45) is 0 Å². The Bertz CT molecular complexity index is 612. The molecular weight excluding hydrogens is 264 g/mol. The molecule has 0 radical (unpaired) electrons. The minimum absolute atomic E-state index is 0.0291. The van der Waals surface area contributed by atoms with Crippen molar-refractivity contribution in [1.29, 1.82) is 0 Å². The maximum Gasteiger partial charge on any atom is 0.235 e. The van der Waals surface area contributed by atoms with Gasteiger partial charge in [0.05, 0.1) is 17.4 Å². The zero-order chi connectivity index (χ0) is 13.5. The normalized spacial score (nSPS) is 25.6. The molecule has 0 aliphatic carbocycles. The lowest BCUT2D eigenvalue weighted by atomic mass is 9.97. The first-order chi connectivity index (χ1) is 9.08. The van der Waals surface area contributed by atoms with E-state index in [-0.39, 0.29) is 17.6 Å². The van der Waals surface area contributed by atoms with Crippen molar-refractivity contribution in [3.8, 4) is 0 Å². The second-order valence-corrected chi connectivity index (χ2v) is 6.98. The van der Waals surface area contributed by atoms with E-state index in [4.69, 9.17) is 0 Å². The van der Waals surface area contributed by atoms with Crippen LogP contribution in [-0.4, -0.2) is 33.2 Å². The van der Waals surface area contributed by atoms with E-state index in [1.54, 1.807) is 6.07 Å². The number of amides is 1. The highest BCUT2D eigenvalue weighted by atomic mass is 32.2. The zero-order valence-electron chi connectivity index (χ0n) is 10.5. The fraction of sp³-hybridized carbons (Fsp3) is 0.462. The molecular formula is C13H16N2O3S. The van der Waals surface area contributed by atoms with Crippen LogP contribution >= 0.6 is 0 Å². The van der Waals surface area contributed by atoms with Crippen molar-refractivity contribution in [3.05, 3.63) is 29.8 Å². The number of hydrogen-bond acceptors (Lipinski definition) is 3. The van der Waals surface area contributed by atoms with Crippen LogP contribution in [0.25, 0.3) is 0 Å². The van der Waals surface area contributed by atoms with Crippen LogP contribution in [0.15, 0.2) is 24.3 Å². The number of nitrogens with zero attached hydrogens (tertiary/aromatic N) is 1. The number of anilines is 1. The highest BCUT2D eigenvalue weighted by molar-refractivity contribution is 7.93. The number of benzene rings is 1. The summed E-state index contributed by atoms with van der Waals surface area (Å²) >= 11 is 0. The number of rotatable bonds is 2. The molecule has 1 amide bonds. The molecule has 2 aliphatic heterocycles. The molecule has 0 bridgehead atoms. The van der Waals surface area contributed by atoms with Crippen LogP contribution in [0.5, 0.6) is 0 Å². The molecule has 3 rings (SSSR count). The van der Waals surface area contributed by atoms with Gasteiger partial charge in [0.15, 0.2) is 0 Å². The van der Waals surface area contributed by atoms with Gasteiger partial charge in [-0.2, -0.15) is 0 Å². The van der Waals surface area contributed by atoms with Gasteiger partial charge in [-0.25, -0.2) is 8.42 Å². The highest BCUT2D eigenvalue weighted by Crippen LogP contribution is 2.29. The molecule has 2 heterocycles. The van der Waals surface area contributed by atoms with Crippen molar-refractivity contribution in [2.45, 2.75) is 18.8 Å². The van der Waals surface area contributed by atoms with E-state index >= 15 is 0 Å². The Labute approximate surface area is 112 Å². The van der Waals surface area contributed by atoms with E-state index in [2.05, 4.69) is 5.32 Å². The van der Waals surface area contributed by atoms with E-state index in [1.807, 2.05) is 18.2 Å². The molecule has 5 nitrogen and oxygen atoms in total. The average molecular weight is 280 g/mol. The Morgan fingerprint density at radius 2 is 2.16 bits per heavy atom. The fourth-order valence-corrected chi connectivity index (χ4v) is 4.29. The molecule has 1 N–H and O–H groups in total. The van der Waals surface area contributed by atoms with Crippen molar-refractivity contribution in [2.75, 3.05) is 23.1 Å². The summed E-state index contributed by atoms with van der Waals surface area (Å²) in [5.74, 6) is 0.0907. The van der Waals surface area contributed by atoms with Crippen LogP contribution in [0.3, 0.4) is 0 Å². The topological polar surface area (TPSA) is 66.5 Å². The molecule has 6 heteroatoms. The SMILES string of the molecule is O=C1NCCC1c1cccc(N2CCCS2(=O)=O)c1. The van der Waals surface area contributed by atoms with Crippen molar-refractivity contribution < 1.29 is 13.2 Å². The smallest absolute Gasteiger partial charge is 0.235 e. The lowest BCUT2D eigenvalue weighted by molar-refractivity contribution is -0.120. The van der Waals surface area contributed by atoms with E-state index in [1.165, 1.54) is 4.31 Å². The van der Waals surface area contributed by atoms with Crippen LogP contribution in [0.4, 0.5) is 5.69 Å². The molecule has 0 saturated carbocycles. The van der Waals surface area contributed by atoms with Crippen LogP contribution in [0.1, 0.15) is 24.3 Å². The second-order valence-electron chi connectivity index (χ2n) is 4.97. The summed E-state index contributed by atoms with van der Waals surface area (Å²) in [7, 11) is -3.16. The third-order valence-corrected chi connectivity index (χ3v) is 5.58. The van der Waals surface area contributed by atoms with Gasteiger partial charge < -0.3 is 5.32 Å². The molecule has 1 aromatic rings. The summed E-state index contributed by atoms with van der Waals surface area (Å²) in [5, 5.41) is 2.80. The maximum absolute atomic E-state index is 11.9. The quantitative estimate of drug-likeness (QED) is 0.872. The van der Waals surface area contributed by atoms with Crippen molar-refractivity contribution >= 4 is 21.6 Å². The summed E-state index contributed by atoms with van der Waals surface area (Å²) in [6.07, 6.45) is 1.44. The lowest BCUT2D eigenvalue weighted by Crippen LogP contribution is -2.25. The highest BCUT2D eigenvalue weighted by Gasteiger charge is 2.30. The van der Waals surface area contributed by atoms with Gasteiger partial charge in [-0.15, -0.1) is 0 Å². The van der Waals surface area contributed by atoms with Gasteiger partial charge in [0.1, 0.15) is 0 Å². The molecule has 2 fully saturated rings. The molecule has 19 heavy (non-hydrogen) atoms. The number of nitrogens with one attached hydrogen (secondary N) is 1. The predicted molar refractivity (Wildman–Crippen MR) is 72.6 cm³/mol. The minimum Gasteiger partial charge on any atom is -0.356 e. The average Bonchev–Trinajstić information content (AvgIpc) is 2.95. The van der Waals surface area contributed by atoms with Crippen LogP contribution < -0.4 is 9.62 Å². The second kappa shape index (κ2) is 4.52. The third-order valence-electron chi connectivity index (χ3n) is 3.71. The Kier molecular flexibility index (Phi) is 2.97. The lowest BCUT2D eigenvalue weighted by Gasteiger charge is -2.18. The number of carbonyl (C=O) groups excluding carboxylic acids is 1. The zero-order valence-corrected chi connectivity index (χ0v) is 11.3. The first kappa shape index (κ1) is 12.5. The van der Waals surface area contributed by atoms with Crippen molar-refractivity contribution in [1.82, 2.24) is 5.32 Å². The minimum atomic E-state index is -3.16. The Morgan fingerprint density at radius 3 is 2.79 bits per heavy atom. The molecule has 2 aliphatic rings. The fourth-order valence-electron chi connectivity index (χ4n) is 2.74. The number of sulfonamides is 1. The van der Waals surface area contributed by atoms with Crippen molar-refractivity contribution in [3.63, 3.8) is 0 Å². The number of hydrogen-bond donors (Lipinski definition) is 1. The van der Waals surface area contributed by atoms with E-state index in [9.17, 15) is 13.2 Å². The van der Waals surface area contributed by atoms with Crippen LogP contribution in [0, 0.1) is 0 Å². The van der Waals surface area contributed by atoms with Gasteiger partial charge >= 0.3 is 0 Å². The summed E-state index contributed by atoms with van der Waals surface area (Å²) in [5.41, 5.74) is 1.57. The molecule has 0 spiro atoms. The molecule has 0 aromatic heterocycles. The molecule has 1 aromatic carbocycles. The van der Waals surface area contributed by atoms with Gasteiger partial charge in [0, 0.05) is 13.1 Å². The van der Waals surface area contributed by atoms with Gasteiger partial charge in [-0.3, -0.25) is 9.10 Å². The molecule has 2 saturated heterocycles. The summed E-state index contributed by atoms with van der Waals surface area (Å²) in [6.45, 7) is 1.22.